The van der Waals surface area contributed by atoms with Gasteiger partial charge in [0.2, 0.25) is 0 Å². The number of benzene rings is 3. The van der Waals surface area contributed by atoms with Crippen LogP contribution in [0.5, 0.6) is 11.5 Å². The van der Waals surface area contributed by atoms with E-state index >= 15 is 0 Å². The Morgan fingerprint density at radius 2 is 1.78 bits per heavy atom. The molecule has 1 atom stereocenters. The van der Waals surface area contributed by atoms with E-state index in [1.807, 2.05) is 43.3 Å². The number of carbonyl (C=O) groups excluding carboxylic acids is 2. The Labute approximate surface area is 211 Å². The number of nitrogens with one attached hydrogen (secondary N) is 2. The first-order chi connectivity index (χ1) is 17.3. The van der Waals surface area contributed by atoms with Crippen LogP contribution in [0, 0.1) is 5.41 Å². The summed E-state index contributed by atoms with van der Waals surface area (Å²) >= 11 is 0. The molecule has 0 aromatic heterocycles. The van der Waals surface area contributed by atoms with Crippen molar-refractivity contribution in [3.63, 3.8) is 0 Å². The molecule has 1 aliphatic heterocycles. The normalized spacial score (nSPS) is 18.3. The van der Waals surface area contributed by atoms with E-state index in [-0.39, 0.29) is 22.7 Å². The highest BCUT2D eigenvalue weighted by Gasteiger charge is 2.39. The molecule has 3 aromatic carbocycles. The average Bonchev–Trinajstić information content (AvgIpc) is 3.01. The molecule has 1 aliphatic carbocycles. The third-order valence-corrected chi connectivity index (χ3v) is 6.73. The van der Waals surface area contributed by atoms with E-state index in [9.17, 15) is 14.7 Å². The molecule has 3 aromatic rings. The maximum absolute atomic E-state index is 13.5. The van der Waals surface area contributed by atoms with Gasteiger partial charge in [-0.1, -0.05) is 50.2 Å². The van der Waals surface area contributed by atoms with Gasteiger partial charge in [-0.2, -0.15) is 0 Å². The summed E-state index contributed by atoms with van der Waals surface area (Å²) in [5, 5.41) is 17.3. The molecular weight excluding hydrogens is 452 g/mol. The van der Waals surface area contributed by atoms with Gasteiger partial charge in [0.25, 0.3) is 0 Å². The van der Waals surface area contributed by atoms with Crippen molar-refractivity contribution in [3.8, 4) is 11.5 Å². The van der Waals surface area contributed by atoms with Crippen LogP contribution in [0.2, 0.25) is 0 Å². The van der Waals surface area contributed by atoms with Gasteiger partial charge in [-0.3, -0.25) is 9.59 Å². The summed E-state index contributed by atoms with van der Waals surface area (Å²) in [4.78, 5) is 26.6. The number of allylic oxidation sites excluding steroid dienone is 1. The molecular formula is C30H30N2O4. The number of anilines is 2. The number of Topliss-reactive ketones (excluding diaryl/α,β-unsaturated/α-hetero) is 1. The Morgan fingerprint density at radius 1 is 1.00 bits per heavy atom. The number of rotatable bonds is 5. The SMILES string of the molecule is CCOc1cc([C@@H]2Nc3ccc(C(=O)c4ccccc4)cc3NC3=C2C(=O)CC(C)(C)C3)ccc1O. The first-order valence-electron chi connectivity index (χ1n) is 12.2. The first kappa shape index (κ1) is 23.7. The quantitative estimate of drug-likeness (QED) is 0.373. The van der Waals surface area contributed by atoms with E-state index < -0.39 is 6.04 Å². The van der Waals surface area contributed by atoms with Crippen LogP contribution >= 0.6 is 0 Å². The monoisotopic (exact) mass is 482 g/mol. The summed E-state index contributed by atoms with van der Waals surface area (Å²) in [5.41, 5.74) is 4.88. The number of aromatic hydroxyl groups is 1. The van der Waals surface area contributed by atoms with Gasteiger partial charge in [0.15, 0.2) is 23.1 Å². The van der Waals surface area contributed by atoms with E-state index in [0.29, 0.717) is 41.9 Å². The molecule has 2 aliphatic rings. The molecule has 0 amide bonds. The summed E-state index contributed by atoms with van der Waals surface area (Å²) in [5.74, 6) is 0.451. The molecule has 184 valence electrons. The number of hydrogen-bond acceptors (Lipinski definition) is 6. The smallest absolute Gasteiger partial charge is 0.193 e. The van der Waals surface area contributed by atoms with Crippen LogP contribution in [0.3, 0.4) is 0 Å². The summed E-state index contributed by atoms with van der Waals surface area (Å²) < 4.78 is 5.62. The zero-order chi connectivity index (χ0) is 25.4. The van der Waals surface area contributed by atoms with Crippen molar-refractivity contribution < 1.29 is 19.4 Å². The van der Waals surface area contributed by atoms with Crippen LogP contribution in [-0.2, 0) is 4.79 Å². The Balaban J connectivity index is 1.61. The van der Waals surface area contributed by atoms with Crippen molar-refractivity contribution >= 4 is 22.9 Å². The van der Waals surface area contributed by atoms with Crippen molar-refractivity contribution in [2.24, 2.45) is 5.41 Å². The fourth-order valence-electron chi connectivity index (χ4n) is 5.07. The maximum Gasteiger partial charge on any atom is 0.193 e. The molecule has 0 saturated heterocycles. The second-order valence-corrected chi connectivity index (χ2v) is 10.2. The Hall–Kier alpha value is -4.06. The molecule has 5 rings (SSSR count). The fourth-order valence-corrected chi connectivity index (χ4v) is 5.07. The van der Waals surface area contributed by atoms with Crippen LogP contribution in [0.15, 0.2) is 78.0 Å². The lowest BCUT2D eigenvalue weighted by atomic mass is 9.73. The zero-order valence-corrected chi connectivity index (χ0v) is 20.7. The minimum absolute atomic E-state index is 0.0575. The molecule has 0 saturated carbocycles. The number of ether oxygens (including phenoxy) is 1. The van der Waals surface area contributed by atoms with Crippen molar-refractivity contribution in [1.29, 1.82) is 0 Å². The van der Waals surface area contributed by atoms with Crippen LogP contribution in [0.25, 0.3) is 0 Å². The average molecular weight is 483 g/mol. The molecule has 0 spiro atoms. The first-order valence-corrected chi connectivity index (χ1v) is 12.2. The highest BCUT2D eigenvalue weighted by Crippen LogP contribution is 2.46. The van der Waals surface area contributed by atoms with Crippen molar-refractivity contribution in [1.82, 2.24) is 0 Å². The lowest BCUT2D eigenvalue weighted by Crippen LogP contribution is -2.31. The van der Waals surface area contributed by atoms with E-state index in [0.717, 1.165) is 22.6 Å². The molecule has 0 fully saturated rings. The van der Waals surface area contributed by atoms with E-state index in [4.69, 9.17) is 4.74 Å². The van der Waals surface area contributed by atoms with Gasteiger partial charge in [-0.15, -0.1) is 0 Å². The molecule has 36 heavy (non-hydrogen) atoms. The Kier molecular flexibility index (Phi) is 6.04. The highest BCUT2D eigenvalue weighted by molar-refractivity contribution is 6.10. The fraction of sp³-hybridized carbons (Fsp3) is 0.267. The Morgan fingerprint density at radius 3 is 2.53 bits per heavy atom. The van der Waals surface area contributed by atoms with Crippen LogP contribution in [-0.4, -0.2) is 23.3 Å². The van der Waals surface area contributed by atoms with Gasteiger partial charge in [0, 0.05) is 28.8 Å². The molecule has 1 heterocycles. The third-order valence-electron chi connectivity index (χ3n) is 6.73. The predicted molar refractivity (Wildman–Crippen MR) is 141 cm³/mol. The summed E-state index contributed by atoms with van der Waals surface area (Å²) in [6, 6.07) is 19.5. The van der Waals surface area contributed by atoms with Crippen LogP contribution < -0.4 is 15.4 Å². The number of phenols is 1. The van der Waals surface area contributed by atoms with Crippen LogP contribution in [0.1, 0.15) is 61.1 Å². The lowest BCUT2D eigenvalue weighted by Gasteiger charge is -2.34. The van der Waals surface area contributed by atoms with Gasteiger partial charge >= 0.3 is 0 Å². The molecule has 0 bridgehead atoms. The number of hydrogen-bond donors (Lipinski definition) is 3. The van der Waals surface area contributed by atoms with Crippen molar-refractivity contribution in [2.75, 3.05) is 17.2 Å². The van der Waals surface area contributed by atoms with Gasteiger partial charge in [-0.05, 0) is 54.7 Å². The van der Waals surface area contributed by atoms with Gasteiger partial charge in [0.1, 0.15) is 0 Å². The molecule has 3 N–H and O–H groups in total. The molecule has 6 heteroatoms. The van der Waals surface area contributed by atoms with E-state index in [1.54, 1.807) is 30.3 Å². The van der Waals surface area contributed by atoms with Gasteiger partial charge in [-0.25, -0.2) is 0 Å². The summed E-state index contributed by atoms with van der Waals surface area (Å²) in [7, 11) is 0. The second kappa shape index (κ2) is 9.19. The van der Waals surface area contributed by atoms with Crippen LogP contribution in [0.4, 0.5) is 11.4 Å². The minimum Gasteiger partial charge on any atom is -0.504 e. The number of ketones is 2. The topological polar surface area (TPSA) is 87.7 Å². The zero-order valence-electron chi connectivity index (χ0n) is 20.7. The van der Waals surface area contributed by atoms with Gasteiger partial charge in [0.05, 0.1) is 24.0 Å². The number of phenolic OH excluding ortho intramolecular Hbond substituents is 1. The standard InChI is InChI=1S/C30H30N2O4/c1-4-36-26-15-19(11-13-24(26)33)28-27-23(16-30(2,3)17-25(27)34)31-22-14-20(10-12-21(22)32-28)29(35)18-8-6-5-7-9-18/h5-15,28,31-33H,4,16-17H2,1-3H3/t28-/m0/s1. The third kappa shape index (κ3) is 4.47. The molecule has 0 radical (unpaired) electrons. The number of carbonyl (C=O) groups is 2. The van der Waals surface area contributed by atoms with Crippen molar-refractivity contribution in [2.45, 2.75) is 39.7 Å². The summed E-state index contributed by atoms with van der Waals surface area (Å²) in [6.45, 7) is 6.46. The highest BCUT2D eigenvalue weighted by atomic mass is 16.5. The maximum atomic E-state index is 13.5. The minimum atomic E-state index is -0.437. The second-order valence-electron chi connectivity index (χ2n) is 10.2. The number of fused-ring (bicyclic) bond motifs is 1. The molecule has 0 unspecified atom stereocenters. The van der Waals surface area contributed by atoms with E-state index in [2.05, 4.69) is 24.5 Å². The van der Waals surface area contributed by atoms with Crippen molar-refractivity contribution in [3.05, 3.63) is 94.7 Å². The lowest BCUT2D eigenvalue weighted by molar-refractivity contribution is -0.118. The predicted octanol–water partition coefficient (Wildman–Crippen LogP) is 6.24. The van der Waals surface area contributed by atoms with E-state index in [1.165, 1.54) is 0 Å². The largest absolute Gasteiger partial charge is 0.504 e. The molecule has 6 nitrogen and oxygen atoms in total. The summed E-state index contributed by atoms with van der Waals surface area (Å²) in [6.07, 6.45) is 1.13. The van der Waals surface area contributed by atoms with Gasteiger partial charge < -0.3 is 20.5 Å². The Bertz CT molecular complexity index is 1370.